The number of likely N-dealkylation sites (tertiary alicyclic amines) is 1. The number of thiazole rings is 2. The van der Waals surface area contributed by atoms with Crippen molar-refractivity contribution in [2.75, 3.05) is 83.8 Å². The third kappa shape index (κ3) is 14.9. The molecule has 0 aliphatic carbocycles. The lowest BCUT2D eigenvalue weighted by atomic mass is 9.85. The van der Waals surface area contributed by atoms with E-state index in [4.69, 9.17) is 14.2 Å². The highest BCUT2D eigenvalue weighted by molar-refractivity contribution is 7.17. The Morgan fingerprint density at radius 2 is 1.64 bits per heavy atom. The normalized spacial score (nSPS) is 17.8. The molecule has 0 spiro atoms. The number of aliphatic hydroxyl groups excluding tert-OH is 1. The molecule has 5 atom stereocenters. The molecule has 2 aliphatic rings. The molecule has 3 aromatic heterocycles. The van der Waals surface area contributed by atoms with Gasteiger partial charge in [0.05, 0.1) is 67.5 Å². The molecule has 390 valence electrons. The van der Waals surface area contributed by atoms with Gasteiger partial charge in [-0.1, -0.05) is 94.3 Å². The molecule has 17 nitrogen and oxygen atoms in total. The number of ether oxygens (including phenoxy) is 3. The van der Waals surface area contributed by atoms with E-state index in [0.29, 0.717) is 24.7 Å². The lowest BCUT2D eigenvalue weighted by molar-refractivity contribution is -0.144. The Balaban J connectivity index is 0.746. The zero-order valence-electron chi connectivity index (χ0n) is 42.6. The number of carbonyl (C=O) groups excluding carboxylic acids is 4. The van der Waals surface area contributed by atoms with Gasteiger partial charge in [-0.2, -0.15) is 0 Å². The number of nitrogens with one attached hydrogen (secondary N) is 4. The Morgan fingerprint density at radius 1 is 0.917 bits per heavy atom. The summed E-state index contributed by atoms with van der Waals surface area (Å²) in [5.41, 5.74) is 6.36. The van der Waals surface area contributed by atoms with E-state index in [2.05, 4.69) is 66.0 Å². The van der Waals surface area contributed by atoms with Crippen molar-refractivity contribution in [1.82, 2.24) is 40.7 Å². The summed E-state index contributed by atoms with van der Waals surface area (Å²) in [7, 11) is 0. The van der Waals surface area contributed by atoms with Crippen LogP contribution in [0.15, 0.2) is 66.4 Å². The molecule has 0 radical (unpaired) electrons. The first kappa shape index (κ1) is 54.5. The van der Waals surface area contributed by atoms with Gasteiger partial charge in [0.25, 0.3) is 5.91 Å². The molecule has 0 saturated carbocycles. The standard InChI is InChI=1S/C53H73N9O8S2/c1-7-8-11-40(28-39-30-54-43-13-10-9-12-42(39)43)58-50(66)45-31-55-52(72-45)61-20-18-60(19-21-61)22-23-68-24-25-69-26-27-70-33-46(64)59-48(53(4,5)6)51(67)62-32-41(63)29-44(62)49(65)57-35(2)37-14-16-38(17-15-37)47-36(3)56-34-71-47/h9-10,12-17,30-31,34-35,40-41,44,48,54,63H,7-8,11,18-29,32-33H2,1-6H3,(H,57,65)(H,58,66)(H,59,64)/t35?,40?,41-,44+,48?/m1/s1. The summed E-state index contributed by atoms with van der Waals surface area (Å²) in [6.07, 6.45) is 6.79. The number of β-amino-alcohol motifs (C(OH)–C–C–N with tert-alkyl or cyclic N) is 1. The molecule has 72 heavy (non-hydrogen) atoms. The average Bonchev–Trinajstić information content (AvgIpc) is 4.20. The predicted molar refractivity (Wildman–Crippen MR) is 282 cm³/mol. The number of aromatic amines is 1. The fourth-order valence-corrected chi connectivity index (χ4v) is 10.9. The molecule has 3 unspecified atom stereocenters. The topological polar surface area (TPSA) is 204 Å². The number of unbranched alkanes of at least 4 members (excludes halogenated alkanes) is 1. The van der Waals surface area contributed by atoms with Crippen molar-refractivity contribution in [3.63, 3.8) is 0 Å². The van der Waals surface area contributed by atoms with Crippen LogP contribution >= 0.6 is 22.7 Å². The van der Waals surface area contributed by atoms with E-state index in [1.54, 1.807) is 17.5 Å². The minimum Gasteiger partial charge on any atom is -0.391 e. The summed E-state index contributed by atoms with van der Waals surface area (Å²) in [4.78, 5) is 74.2. The fourth-order valence-electron chi connectivity index (χ4n) is 9.19. The number of aryl methyl sites for hydroxylation is 1. The summed E-state index contributed by atoms with van der Waals surface area (Å²) in [5, 5.41) is 21.9. The van der Waals surface area contributed by atoms with Crippen LogP contribution in [0, 0.1) is 12.3 Å². The molecule has 2 saturated heterocycles. The maximum Gasteiger partial charge on any atom is 0.263 e. The molecule has 7 rings (SSSR count). The Kier molecular flexibility index (Phi) is 19.7. The van der Waals surface area contributed by atoms with Crippen LogP contribution in [0.25, 0.3) is 21.3 Å². The second kappa shape index (κ2) is 26.1. The van der Waals surface area contributed by atoms with E-state index >= 15 is 0 Å². The van der Waals surface area contributed by atoms with Crippen LogP contribution < -0.4 is 20.9 Å². The quantitative estimate of drug-likeness (QED) is 0.0420. The van der Waals surface area contributed by atoms with Crippen LogP contribution in [0.5, 0.6) is 0 Å². The summed E-state index contributed by atoms with van der Waals surface area (Å²) >= 11 is 3.02. The number of hydrogen-bond acceptors (Lipinski definition) is 14. The Bertz CT molecular complexity index is 2530. The molecule has 5 heterocycles. The largest absolute Gasteiger partial charge is 0.391 e. The smallest absolute Gasteiger partial charge is 0.263 e. The number of aliphatic hydroxyl groups is 1. The van der Waals surface area contributed by atoms with E-state index in [-0.39, 0.29) is 56.7 Å². The third-order valence-electron chi connectivity index (χ3n) is 13.3. The monoisotopic (exact) mass is 1030 g/mol. The van der Waals surface area contributed by atoms with Crippen molar-refractivity contribution in [2.24, 2.45) is 5.41 Å². The van der Waals surface area contributed by atoms with Crippen molar-refractivity contribution in [2.45, 2.75) is 104 Å². The Morgan fingerprint density at radius 3 is 2.35 bits per heavy atom. The van der Waals surface area contributed by atoms with Gasteiger partial charge < -0.3 is 50.1 Å². The SMILES string of the molecule is CCCCC(Cc1c[nH]c2ccccc12)NC(=O)c1cnc(N2CCN(CCOCCOCCOCC(=O)NC(C(=O)N3C[C@H](O)C[C@H]3C(=O)NC(C)c3ccc(-c4scnc4C)cc3)C(C)(C)C)CC2)s1. The molecule has 4 amide bonds. The van der Waals surface area contributed by atoms with Gasteiger partial charge in [-0.15, -0.1) is 11.3 Å². The van der Waals surface area contributed by atoms with Gasteiger partial charge >= 0.3 is 0 Å². The summed E-state index contributed by atoms with van der Waals surface area (Å²) in [6, 6.07) is 14.1. The van der Waals surface area contributed by atoms with Crippen LogP contribution in [0.3, 0.4) is 0 Å². The minimum atomic E-state index is -0.964. The highest BCUT2D eigenvalue weighted by Crippen LogP contribution is 2.30. The van der Waals surface area contributed by atoms with Crippen molar-refractivity contribution in [1.29, 1.82) is 0 Å². The van der Waals surface area contributed by atoms with E-state index in [1.165, 1.54) is 27.2 Å². The fraction of sp³-hybridized carbons (Fsp3) is 0.547. The number of hydrogen-bond donors (Lipinski definition) is 5. The molecule has 2 fully saturated rings. The van der Waals surface area contributed by atoms with Crippen LogP contribution in [0.2, 0.25) is 0 Å². The van der Waals surface area contributed by atoms with Crippen LogP contribution in [-0.2, 0) is 35.0 Å². The van der Waals surface area contributed by atoms with Crippen molar-refractivity contribution < 1.29 is 38.5 Å². The van der Waals surface area contributed by atoms with Crippen LogP contribution in [-0.4, -0.2) is 157 Å². The second-order valence-electron chi connectivity index (χ2n) is 19.9. The maximum atomic E-state index is 14.0. The van der Waals surface area contributed by atoms with Gasteiger partial charge in [0.15, 0.2) is 5.13 Å². The number of para-hydroxylation sites is 1. The van der Waals surface area contributed by atoms with Crippen molar-refractivity contribution >= 4 is 62.3 Å². The van der Waals surface area contributed by atoms with Gasteiger partial charge in [-0.05, 0) is 54.9 Å². The second-order valence-corrected chi connectivity index (χ2v) is 21.7. The minimum absolute atomic E-state index is 0.0157. The summed E-state index contributed by atoms with van der Waals surface area (Å²) < 4.78 is 17.1. The van der Waals surface area contributed by atoms with Gasteiger partial charge in [0.1, 0.15) is 23.6 Å². The number of amides is 4. The zero-order valence-corrected chi connectivity index (χ0v) is 44.2. The van der Waals surface area contributed by atoms with Crippen LogP contribution in [0.1, 0.15) is 92.8 Å². The predicted octanol–water partition coefficient (Wildman–Crippen LogP) is 6.13. The van der Waals surface area contributed by atoms with E-state index in [0.717, 1.165) is 90.8 Å². The molecule has 2 aliphatic heterocycles. The first-order chi connectivity index (χ1) is 34.7. The molecular formula is C53H73N9O8S2. The number of aromatic nitrogens is 3. The highest BCUT2D eigenvalue weighted by Gasteiger charge is 2.44. The summed E-state index contributed by atoms with van der Waals surface area (Å²) in [5.74, 6) is -1.34. The molecule has 19 heteroatoms. The first-order valence-electron chi connectivity index (χ1n) is 25.3. The number of anilines is 1. The molecule has 0 bridgehead atoms. The lowest BCUT2D eigenvalue weighted by Gasteiger charge is -2.35. The lowest BCUT2D eigenvalue weighted by Crippen LogP contribution is -2.58. The Hall–Kier alpha value is -5.28. The van der Waals surface area contributed by atoms with Crippen LogP contribution in [0.4, 0.5) is 5.13 Å². The number of piperazine rings is 1. The average molecular weight is 1030 g/mol. The van der Waals surface area contributed by atoms with Crippen molar-refractivity contribution in [3.8, 4) is 10.4 Å². The van der Waals surface area contributed by atoms with E-state index in [1.807, 2.05) is 76.5 Å². The first-order valence-corrected chi connectivity index (χ1v) is 27.0. The highest BCUT2D eigenvalue weighted by atomic mass is 32.1. The number of rotatable bonds is 25. The summed E-state index contributed by atoms with van der Waals surface area (Å²) in [6.45, 7) is 17.2. The maximum absolute atomic E-state index is 14.0. The molecule has 5 aromatic rings. The number of carbonyl (C=O) groups is 4. The zero-order chi connectivity index (χ0) is 51.2. The van der Waals surface area contributed by atoms with Gasteiger partial charge in [0, 0.05) is 68.8 Å². The number of fused-ring (bicyclic) bond motifs is 1. The number of nitrogens with zero attached hydrogens (tertiary/aromatic N) is 5. The van der Waals surface area contributed by atoms with Gasteiger partial charge in [-0.3, -0.25) is 24.1 Å². The van der Waals surface area contributed by atoms with E-state index in [9.17, 15) is 24.3 Å². The Labute approximate surface area is 431 Å². The molecular weight excluding hydrogens is 955 g/mol. The number of H-pyrrole nitrogens is 1. The molecule has 2 aromatic carbocycles. The van der Waals surface area contributed by atoms with Crippen molar-refractivity contribution in [3.05, 3.63) is 88.1 Å². The van der Waals surface area contributed by atoms with E-state index < -0.39 is 35.4 Å². The number of benzene rings is 2. The molecule has 5 N–H and O–H groups in total. The third-order valence-corrected chi connectivity index (χ3v) is 15.4. The van der Waals surface area contributed by atoms with Gasteiger partial charge in [0.2, 0.25) is 17.7 Å². The van der Waals surface area contributed by atoms with Gasteiger partial charge in [-0.25, -0.2) is 9.97 Å².